The van der Waals surface area contributed by atoms with Crippen molar-refractivity contribution >= 4 is 11.3 Å². The lowest BCUT2D eigenvalue weighted by Gasteiger charge is -2.02. The van der Waals surface area contributed by atoms with Crippen LogP contribution in [0.5, 0.6) is 0 Å². The Morgan fingerprint density at radius 1 is 0.808 bits per heavy atom. The third-order valence-electron chi connectivity index (χ3n) is 2.90. The fourth-order valence-corrected chi connectivity index (χ4v) is 2.52. The summed E-state index contributed by atoms with van der Waals surface area (Å²) in [5.74, 6) is 0. The number of benzene rings is 1. The molecule has 0 amide bonds. The van der Waals surface area contributed by atoms with Gasteiger partial charge in [-0.25, -0.2) is 0 Å². The normalized spacial score (nSPS) is 8.35. The summed E-state index contributed by atoms with van der Waals surface area (Å²) in [4.78, 5) is 2.91. The van der Waals surface area contributed by atoms with Gasteiger partial charge < -0.3 is 4.74 Å². The highest BCUT2D eigenvalue weighted by molar-refractivity contribution is 7.11. The number of unbranched alkanes of at least 4 members (excludes halogenated alkanes) is 1. The Labute approximate surface area is 168 Å². The molecule has 26 heavy (non-hydrogen) atoms. The second kappa shape index (κ2) is 26.1. The average Bonchev–Trinajstić information content (AvgIpc) is 3.17. The molecule has 0 fully saturated rings. The Morgan fingerprint density at radius 2 is 1.38 bits per heavy atom. The summed E-state index contributed by atoms with van der Waals surface area (Å²) in [6.45, 7) is 20.1. The number of thiophene rings is 1. The van der Waals surface area contributed by atoms with Crippen molar-refractivity contribution in [1.29, 1.82) is 0 Å². The molecule has 1 aromatic heterocycles. The highest BCUT2D eigenvalue weighted by Gasteiger charge is 1.90. The van der Waals surface area contributed by atoms with E-state index in [9.17, 15) is 0 Å². The molecule has 0 saturated heterocycles. The molecule has 0 aliphatic rings. The lowest BCUT2D eigenvalue weighted by atomic mass is 10.2. The minimum atomic E-state index is 0.751. The summed E-state index contributed by atoms with van der Waals surface area (Å²) in [6.07, 6.45) is 3.54. The van der Waals surface area contributed by atoms with E-state index >= 15 is 0 Å². The first-order chi connectivity index (χ1) is 12.8. The molecule has 0 atom stereocenters. The standard InChI is InChI=1S/C11H16O.C7H10S.3C2H6/c1-2-3-9-12-10-11-7-5-4-6-8-11;1-3-7-5-4-6(2)8-7;3*1-2/h4-8H,2-3,9-10H2,1H3;4-5H,3H2,1-2H3;3*1-2H3. The highest BCUT2D eigenvalue weighted by Crippen LogP contribution is 2.14. The van der Waals surface area contributed by atoms with Crippen molar-refractivity contribution in [2.24, 2.45) is 0 Å². The van der Waals surface area contributed by atoms with Gasteiger partial charge >= 0.3 is 0 Å². The third-order valence-corrected chi connectivity index (χ3v) is 4.04. The van der Waals surface area contributed by atoms with E-state index in [1.807, 2.05) is 71.1 Å². The lowest BCUT2D eigenvalue weighted by Crippen LogP contribution is -1.94. The molecule has 2 aromatic rings. The molecular weight excluding hydrogens is 336 g/mol. The van der Waals surface area contributed by atoms with Crippen molar-refractivity contribution in [3.05, 3.63) is 57.8 Å². The van der Waals surface area contributed by atoms with Gasteiger partial charge in [-0.15, -0.1) is 11.3 Å². The average molecular weight is 381 g/mol. The van der Waals surface area contributed by atoms with Crippen LogP contribution in [-0.2, 0) is 17.8 Å². The molecule has 0 spiro atoms. The van der Waals surface area contributed by atoms with Gasteiger partial charge in [-0.3, -0.25) is 0 Å². The molecule has 0 bridgehead atoms. The molecule has 1 heterocycles. The molecular formula is C24H44OS. The maximum atomic E-state index is 5.46. The first-order valence-corrected chi connectivity index (χ1v) is 11.2. The molecule has 0 unspecified atom stereocenters. The molecule has 152 valence electrons. The third kappa shape index (κ3) is 19.2. The fraction of sp³-hybridized carbons (Fsp3) is 0.583. The van der Waals surface area contributed by atoms with E-state index in [1.54, 1.807) is 0 Å². The van der Waals surface area contributed by atoms with Crippen molar-refractivity contribution in [2.75, 3.05) is 6.61 Å². The van der Waals surface area contributed by atoms with Crippen molar-refractivity contribution in [1.82, 2.24) is 0 Å². The van der Waals surface area contributed by atoms with Crippen molar-refractivity contribution in [3.63, 3.8) is 0 Å². The summed E-state index contributed by atoms with van der Waals surface area (Å²) in [5.41, 5.74) is 1.26. The largest absolute Gasteiger partial charge is 0.377 e. The van der Waals surface area contributed by atoms with Crippen molar-refractivity contribution < 1.29 is 4.74 Å². The summed E-state index contributed by atoms with van der Waals surface area (Å²) in [7, 11) is 0. The summed E-state index contributed by atoms with van der Waals surface area (Å²) < 4.78 is 5.46. The fourth-order valence-electron chi connectivity index (χ4n) is 1.69. The number of rotatable bonds is 6. The summed E-state index contributed by atoms with van der Waals surface area (Å²) in [5, 5.41) is 0. The van der Waals surface area contributed by atoms with Crippen molar-refractivity contribution in [2.45, 2.75) is 88.2 Å². The predicted octanol–water partition coefficient (Wildman–Crippen LogP) is 8.70. The zero-order chi connectivity index (χ0) is 20.6. The van der Waals surface area contributed by atoms with Crippen LogP contribution in [0, 0.1) is 6.92 Å². The molecule has 1 nitrogen and oxygen atoms in total. The van der Waals surface area contributed by atoms with Gasteiger partial charge in [-0.05, 0) is 37.5 Å². The molecule has 0 aliphatic heterocycles. The monoisotopic (exact) mass is 380 g/mol. The van der Waals surface area contributed by atoms with Gasteiger partial charge in [0.1, 0.15) is 0 Å². The van der Waals surface area contributed by atoms with E-state index in [0.717, 1.165) is 19.6 Å². The van der Waals surface area contributed by atoms with Crippen LogP contribution in [0.1, 0.15) is 83.5 Å². The minimum absolute atomic E-state index is 0.751. The van der Waals surface area contributed by atoms with Crippen LogP contribution in [0.2, 0.25) is 0 Å². The zero-order valence-electron chi connectivity index (χ0n) is 18.9. The SMILES string of the molecule is CC.CC.CC.CCCCOCc1ccccc1.CCc1ccc(C)s1. The quantitative estimate of drug-likeness (QED) is 0.455. The Bertz CT molecular complexity index is 448. The van der Waals surface area contributed by atoms with Gasteiger partial charge in [-0.2, -0.15) is 0 Å². The van der Waals surface area contributed by atoms with Gasteiger partial charge in [0.25, 0.3) is 0 Å². The van der Waals surface area contributed by atoms with E-state index in [2.05, 4.69) is 45.0 Å². The van der Waals surface area contributed by atoms with Crippen LogP contribution in [0.3, 0.4) is 0 Å². The number of aryl methyl sites for hydroxylation is 2. The maximum absolute atomic E-state index is 5.46. The Kier molecular flexibility index (Phi) is 29.8. The van der Waals surface area contributed by atoms with Crippen molar-refractivity contribution in [3.8, 4) is 0 Å². The first kappa shape index (κ1) is 29.6. The van der Waals surface area contributed by atoms with Gasteiger partial charge in [0.2, 0.25) is 0 Å². The minimum Gasteiger partial charge on any atom is -0.377 e. The van der Waals surface area contributed by atoms with E-state index in [4.69, 9.17) is 4.74 Å². The highest BCUT2D eigenvalue weighted by atomic mass is 32.1. The molecule has 1 aromatic carbocycles. The van der Waals surface area contributed by atoms with Crippen LogP contribution in [0.15, 0.2) is 42.5 Å². The summed E-state index contributed by atoms with van der Waals surface area (Å²) in [6, 6.07) is 14.6. The van der Waals surface area contributed by atoms with Gasteiger partial charge in [0, 0.05) is 16.4 Å². The number of hydrogen-bond donors (Lipinski definition) is 0. The van der Waals surface area contributed by atoms with Crippen LogP contribution in [0.25, 0.3) is 0 Å². The van der Waals surface area contributed by atoms with E-state index in [0.29, 0.717) is 0 Å². The second-order valence-corrected chi connectivity index (χ2v) is 6.13. The molecule has 0 aliphatic carbocycles. The molecule has 2 rings (SSSR count). The molecule has 0 N–H and O–H groups in total. The molecule has 0 saturated carbocycles. The zero-order valence-corrected chi connectivity index (χ0v) is 19.7. The number of hydrogen-bond acceptors (Lipinski definition) is 2. The Morgan fingerprint density at radius 3 is 1.77 bits per heavy atom. The lowest BCUT2D eigenvalue weighted by molar-refractivity contribution is 0.118. The van der Waals surface area contributed by atoms with E-state index < -0.39 is 0 Å². The first-order valence-electron chi connectivity index (χ1n) is 10.4. The van der Waals surface area contributed by atoms with Gasteiger partial charge in [0.05, 0.1) is 6.61 Å². The molecule has 2 heteroatoms. The topological polar surface area (TPSA) is 9.23 Å². The smallest absolute Gasteiger partial charge is 0.0716 e. The molecule has 0 radical (unpaired) electrons. The van der Waals surface area contributed by atoms with Crippen LogP contribution in [0.4, 0.5) is 0 Å². The summed E-state index contributed by atoms with van der Waals surface area (Å²) >= 11 is 1.89. The van der Waals surface area contributed by atoms with Crippen LogP contribution in [-0.4, -0.2) is 6.61 Å². The van der Waals surface area contributed by atoms with E-state index in [1.165, 1.54) is 28.2 Å². The Hall–Kier alpha value is -1.12. The maximum Gasteiger partial charge on any atom is 0.0716 e. The number of ether oxygens (including phenoxy) is 1. The Balaban J connectivity index is -0.000000328. The van der Waals surface area contributed by atoms with Crippen LogP contribution < -0.4 is 0 Å². The van der Waals surface area contributed by atoms with Crippen LogP contribution >= 0.6 is 11.3 Å². The van der Waals surface area contributed by atoms with Gasteiger partial charge in [-0.1, -0.05) is 92.1 Å². The predicted molar refractivity (Wildman–Crippen MR) is 123 cm³/mol. The van der Waals surface area contributed by atoms with Gasteiger partial charge in [0.15, 0.2) is 0 Å². The van der Waals surface area contributed by atoms with E-state index in [-0.39, 0.29) is 0 Å². The second-order valence-electron chi connectivity index (χ2n) is 4.76.